The Hall–Kier alpha value is -3.12. The summed E-state index contributed by atoms with van der Waals surface area (Å²) in [6.45, 7) is 0.852. The third-order valence-electron chi connectivity index (χ3n) is 5.27. The van der Waals surface area contributed by atoms with E-state index >= 15 is 0 Å². The fraction of sp³-hybridized carbons (Fsp3) is 0.409. The van der Waals surface area contributed by atoms with E-state index in [0.29, 0.717) is 18.5 Å². The normalized spacial score (nSPS) is 15.0. The summed E-state index contributed by atoms with van der Waals surface area (Å²) in [6.07, 6.45) is 0.755. The number of aromatic nitrogens is 1. The van der Waals surface area contributed by atoms with Gasteiger partial charge in [-0.05, 0) is 37.1 Å². The number of carbonyl (C=O) groups is 2. The molecule has 0 spiro atoms. The molecule has 2 amide bonds. The van der Waals surface area contributed by atoms with Crippen molar-refractivity contribution in [1.29, 1.82) is 0 Å². The van der Waals surface area contributed by atoms with Crippen LogP contribution in [0.3, 0.4) is 0 Å². The van der Waals surface area contributed by atoms with Crippen molar-refractivity contribution in [2.24, 2.45) is 5.73 Å². The second kappa shape index (κ2) is 10.9. The van der Waals surface area contributed by atoms with E-state index < -0.39 is 28.2 Å². The molecule has 0 saturated carbocycles. The molecule has 3 N–H and O–H groups in total. The van der Waals surface area contributed by atoms with Crippen LogP contribution in [0.2, 0.25) is 0 Å². The number of sulfone groups is 1. The van der Waals surface area contributed by atoms with Gasteiger partial charge in [0.25, 0.3) is 12.3 Å². The molecule has 184 valence electrons. The van der Waals surface area contributed by atoms with Gasteiger partial charge < -0.3 is 20.7 Å². The van der Waals surface area contributed by atoms with E-state index in [1.54, 1.807) is 17.0 Å². The van der Waals surface area contributed by atoms with E-state index in [0.717, 1.165) is 12.7 Å². The first-order chi connectivity index (χ1) is 16.0. The van der Waals surface area contributed by atoms with Crippen LogP contribution in [0.15, 0.2) is 41.6 Å². The van der Waals surface area contributed by atoms with Gasteiger partial charge in [-0.3, -0.25) is 9.59 Å². The number of halogens is 2. The first-order valence-electron chi connectivity index (χ1n) is 10.6. The Balaban J connectivity index is 1.81. The molecule has 2 heterocycles. The van der Waals surface area contributed by atoms with Crippen molar-refractivity contribution in [2.75, 3.05) is 19.3 Å². The summed E-state index contributed by atoms with van der Waals surface area (Å²) in [4.78, 5) is 30.2. The van der Waals surface area contributed by atoms with E-state index in [9.17, 15) is 26.8 Å². The maximum atomic E-state index is 12.5. The van der Waals surface area contributed by atoms with Crippen molar-refractivity contribution in [3.63, 3.8) is 0 Å². The van der Waals surface area contributed by atoms with Crippen molar-refractivity contribution in [3.8, 4) is 11.5 Å². The van der Waals surface area contributed by atoms with Gasteiger partial charge in [0, 0.05) is 43.4 Å². The van der Waals surface area contributed by atoms with Crippen LogP contribution in [0, 0.1) is 0 Å². The number of nitrogens with zero attached hydrogens (tertiary/aromatic N) is 2. The van der Waals surface area contributed by atoms with Crippen LogP contribution in [0.5, 0.6) is 11.5 Å². The number of hydrogen-bond acceptors (Lipinski definition) is 7. The molecule has 1 saturated heterocycles. The topological polar surface area (TPSA) is 132 Å². The lowest BCUT2D eigenvalue weighted by Gasteiger charge is -2.19. The molecule has 0 bridgehead atoms. The van der Waals surface area contributed by atoms with Gasteiger partial charge in [0.2, 0.25) is 5.91 Å². The van der Waals surface area contributed by atoms with Gasteiger partial charge in [-0.1, -0.05) is 6.07 Å². The van der Waals surface area contributed by atoms with E-state index in [2.05, 4.69) is 10.3 Å². The van der Waals surface area contributed by atoms with E-state index in [-0.39, 0.29) is 47.5 Å². The second-order valence-corrected chi connectivity index (χ2v) is 9.95. The lowest BCUT2D eigenvalue weighted by molar-refractivity contribution is -0.128. The highest BCUT2D eigenvalue weighted by atomic mass is 32.2. The molecular formula is C22H26F2N4O5S. The highest BCUT2D eigenvalue weighted by Gasteiger charge is 2.22. The molecule has 1 unspecified atom stereocenters. The molecule has 1 aromatic heterocycles. The van der Waals surface area contributed by atoms with Crippen LogP contribution < -0.4 is 15.8 Å². The average Bonchev–Trinajstić information content (AvgIpc) is 3.18. The number of benzene rings is 1. The zero-order valence-corrected chi connectivity index (χ0v) is 19.4. The smallest absolute Gasteiger partial charge is 0.253 e. The maximum Gasteiger partial charge on any atom is 0.253 e. The quantitative estimate of drug-likeness (QED) is 0.515. The zero-order chi connectivity index (χ0) is 24.9. The monoisotopic (exact) mass is 496 g/mol. The van der Waals surface area contributed by atoms with Crippen molar-refractivity contribution in [3.05, 3.63) is 47.7 Å². The summed E-state index contributed by atoms with van der Waals surface area (Å²) < 4.78 is 54.2. The molecule has 12 heteroatoms. The number of nitrogens with one attached hydrogen (secondary N) is 1. The molecule has 1 aliphatic heterocycles. The molecule has 0 aliphatic carbocycles. The minimum atomic E-state index is -3.48. The van der Waals surface area contributed by atoms with Crippen molar-refractivity contribution >= 4 is 21.7 Å². The molecular weight excluding hydrogens is 470 g/mol. The number of likely N-dealkylation sites (tertiary alicyclic amines) is 1. The predicted molar refractivity (Wildman–Crippen MR) is 119 cm³/mol. The molecule has 1 aromatic carbocycles. The lowest BCUT2D eigenvalue weighted by Crippen LogP contribution is -2.34. The molecule has 9 nitrogen and oxygen atoms in total. The van der Waals surface area contributed by atoms with Gasteiger partial charge >= 0.3 is 0 Å². The van der Waals surface area contributed by atoms with E-state index in [1.807, 2.05) is 0 Å². The van der Waals surface area contributed by atoms with E-state index in [4.69, 9.17) is 10.5 Å². The van der Waals surface area contributed by atoms with Gasteiger partial charge in [0.1, 0.15) is 11.5 Å². The molecule has 3 rings (SSSR count). The molecule has 34 heavy (non-hydrogen) atoms. The van der Waals surface area contributed by atoms with Crippen LogP contribution in [0.4, 0.5) is 8.78 Å². The minimum Gasteiger partial charge on any atom is -0.455 e. The van der Waals surface area contributed by atoms with Crippen LogP contribution in [-0.2, 0) is 21.2 Å². The molecule has 1 aliphatic rings. The third kappa shape index (κ3) is 6.70. The molecule has 1 fully saturated rings. The first-order valence-corrected chi connectivity index (χ1v) is 12.5. The van der Waals surface area contributed by atoms with Crippen molar-refractivity contribution in [1.82, 2.24) is 15.2 Å². The number of alkyl halides is 2. The number of nitrogens with two attached hydrogens (primary N) is 1. The maximum absolute atomic E-state index is 12.5. The Morgan fingerprint density at radius 1 is 1.29 bits per heavy atom. The van der Waals surface area contributed by atoms with Gasteiger partial charge in [-0.15, -0.1) is 0 Å². The fourth-order valence-corrected chi connectivity index (χ4v) is 3.91. The van der Waals surface area contributed by atoms with Gasteiger partial charge in [0.05, 0.1) is 12.2 Å². The fourth-order valence-electron chi connectivity index (χ4n) is 3.35. The van der Waals surface area contributed by atoms with Gasteiger partial charge in [0.15, 0.2) is 14.9 Å². The average molecular weight is 497 g/mol. The van der Waals surface area contributed by atoms with Crippen LogP contribution in [-0.4, -0.2) is 61.9 Å². The Kier molecular flexibility index (Phi) is 8.15. The number of amides is 2. The molecule has 2 aromatic rings. The summed E-state index contributed by atoms with van der Waals surface area (Å²) >= 11 is 0. The Morgan fingerprint density at radius 2 is 2.06 bits per heavy atom. The largest absolute Gasteiger partial charge is 0.455 e. The third-order valence-corrected chi connectivity index (χ3v) is 6.27. The SMILES string of the molecule is CS(=O)(=O)c1ccc(Oc2cc(C(=O)NCCC(N)C(F)F)ccc2CN2CCCC2=O)cn1. The Bertz CT molecular complexity index is 1140. The number of hydrogen-bond donors (Lipinski definition) is 2. The Morgan fingerprint density at radius 3 is 2.65 bits per heavy atom. The van der Waals surface area contributed by atoms with Crippen molar-refractivity contribution < 1.29 is 31.5 Å². The summed E-state index contributed by atoms with van der Waals surface area (Å²) in [5.41, 5.74) is 6.16. The minimum absolute atomic E-state index is 0.0160. The lowest BCUT2D eigenvalue weighted by atomic mass is 10.1. The zero-order valence-electron chi connectivity index (χ0n) is 18.5. The highest BCUT2D eigenvalue weighted by molar-refractivity contribution is 7.90. The summed E-state index contributed by atoms with van der Waals surface area (Å²) in [6, 6.07) is 6.09. The van der Waals surface area contributed by atoms with E-state index in [1.165, 1.54) is 24.4 Å². The molecule has 0 radical (unpaired) electrons. The summed E-state index contributed by atoms with van der Waals surface area (Å²) in [5, 5.41) is 2.44. The highest BCUT2D eigenvalue weighted by Crippen LogP contribution is 2.29. The predicted octanol–water partition coefficient (Wildman–Crippen LogP) is 2.11. The summed E-state index contributed by atoms with van der Waals surface area (Å²) in [7, 11) is -3.48. The molecule has 1 atom stereocenters. The van der Waals surface area contributed by atoms with Crippen LogP contribution >= 0.6 is 0 Å². The number of rotatable bonds is 10. The standard InChI is InChI=1S/C22H26F2N4O5S/c1-34(31,32)19-7-6-16(12-27-19)33-18-11-14(22(30)26-9-8-17(25)21(23)24)4-5-15(18)13-28-10-2-3-20(28)29/h4-7,11-12,17,21H,2-3,8-10,13,25H2,1H3,(H,26,30). The number of ether oxygens (including phenoxy) is 1. The Labute approximate surface area is 196 Å². The second-order valence-electron chi connectivity index (χ2n) is 7.99. The first kappa shape index (κ1) is 25.5. The number of carbonyl (C=O) groups excluding carboxylic acids is 2. The van der Waals surface area contributed by atoms with Crippen LogP contribution in [0.25, 0.3) is 0 Å². The van der Waals surface area contributed by atoms with Gasteiger partial charge in [-0.2, -0.15) is 0 Å². The summed E-state index contributed by atoms with van der Waals surface area (Å²) in [5.74, 6) is 0.0374. The number of pyridine rings is 1. The van der Waals surface area contributed by atoms with Crippen molar-refractivity contribution in [2.45, 2.75) is 43.3 Å². The van der Waals surface area contributed by atoms with Gasteiger partial charge in [-0.25, -0.2) is 22.2 Å². The van der Waals surface area contributed by atoms with Crippen LogP contribution in [0.1, 0.15) is 35.2 Å².